The van der Waals surface area contributed by atoms with Gasteiger partial charge in [-0.05, 0) is 38.3 Å². The second-order valence-electron chi connectivity index (χ2n) is 8.00. The highest BCUT2D eigenvalue weighted by atomic mass is 16.5. The van der Waals surface area contributed by atoms with Crippen LogP contribution in [0.2, 0.25) is 0 Å². The van der Waals surface area contributed by atoms with Crippen LogP contribution in [0.4, 0.5) is 0 Å². The Hall–Kier alpha value is -2.46. The zero-order valence-electron chi connectivity index (χ0n) is 17.2. The average Bonchev–Trinajstić information content (AvgIpc) is 3.12. The van der Waals surface area contributed by atoms with Crippen molar-refractivity contribution >= 4 is 0 Å². The minimum Gasteiger partial charge on any atom is -0.370 e. The summed E-state index contributed by atoms with van der Waals surface area (Å²) in [5.74, 6) is 0. The van der Waals surface area contributed by atoms with Crippen LogP contribution in [0.25, 0.3) is 22.5 Å². The summed E-state index contributed by atoms with van der Waals surface area (Å²) < 4.78 is 8.64. The minimum absolute atomic E-state index is 0.0163. The van der Waals surface area contributed by atoms with Gasteiger partial charge in [0, 0.05) is 23.6 Å². The molecule has 4 rings (SSSR count). The molecule has 0 spiro atoms. The Morgan fingerprint density at radius 1 is 1.04 bits per heavy atom. The number of benzene rings is 2. The second-order valence-corrected chi connectivity index (χ2v) is 8.00. The molecule has 2 atom stereocenters. The van der Waals surface area contributed by atoms with Crippen molar-refractivity contribution in [1.29, 1.82) is 0 Å². The molecule has 2 aromatic carbocycles. The fourth-order valence-corrected chi connectivity index (χ4v) is 4.20. The number of hydrogen-bond acceptors (Lipinski definition) is 3. The zero-order valence-corrected chi connectivity index (χ0v) is 17.2. The Morgan fingerprint density at radius 3 is 2.50 bits per heavy atom. The van der Waals surface area contributed by atoms with Gasteiger partial charge in [-0.1, -0.05) is 67.1 Å². The lowest BCUT2D eigenvalue weighted by atomic mass is 9.87. The molecule has 2 unspecified atom stereocenters. The fraction of sp³-hybridized carbons (Fsp3) is 0.417. The van der Waals surface area contributed by atoms with E-state index in [0.717, 1.165) is 36.2 Å². The second kappa shape index (κ2) is 7.88. The van der Waals surface area contributed by atoms with Crippen molar-refractivity contribution in [2.24, 2.45) is 0 Å². The van der Waals surface area contributed by atoms with E-state index in [4.69, 9.17) is 4.74 Å². The molecule has 28 heavy (non-hydrogen) atoms. The SMILES string of the molecule is CCCC(C)OC1Cc2ccccc2-c2nnn(C(C)C)c2-c2ccccc21. The van der Waals surface area contributed by atoms with Crippen LogP contribution < -0.4 is 0 Å². The van der Waals surface area contributed by atoms with Crippen molar-refractivity contribution in [3.05, 3.63) is 59.7 Å². The molecule has 1 aliphatic rings. The Bertz CT molecular complexity index is 960. The van der Waals surface area contributed by atoms with Crippen molar-refractivity contribution in [3.8, 4) is 22.5 Å². The summed E-state index contributed by atoms with van der Waals surface area (Å²) in [4.78, 5) is 0. The van der Waals surface area contributed by atoms with Gasteiger partial charge in [-0.15, -0.1) is 5.10 Å². The van der Waals surface area contributed by atoms with Gasteiger partial charge in [0.1, 0.15) is 5.69 Å². The monoisotopic (exact) mass is 375 g/mol. The first-order valence-corrected chi connectivity index (χ1v) is 10.4. The summed E-state index contributed by atoms with van der Waals surface area (Å²) in [6.07, 6.45) is 3.27. The first-order valence-electron chi connectivity index (χ1n) is 10.4. The van der Waals surface area contributed by atoms with Gasteiger partial charge in [-0.25, -0.2) is 4.68 Å². The zero-order chi connectivity index (χ0) is 19.7. The summed E-state index contributed by atoms with van der Waals surface area (Å²) in [5.41, 5.74) is 6.90. The van der Waals surface area contributed by atoms with Crippen molar-refractivity contribution in [1.82, 2.24) is 15.0 Å². The smallest absolute Gasteiger partial charge is 0.121 e. The van der Waals surface area contributed by atoms with Crippen molar-refractivity contribution < 1.29 is 4.74 Å². The molecule has 0 bridgehead atoms. The molecule has 146 valence electrons. The topological polar surface area (TPSA) is 39.9 Å². The number of hydrogen-bond donors (Lipinski definition) is 0. The quantitative estimate of drug-likeness (QED) is 0.549. The maximum absolute atomic E-state index is 6.59. The van der Waals surface area contributed by atoms with E-state index in [1.165, 1.54) is 16.7 Å². The van der Waals surface area contributed by atoms with Crippen LogP contribution in [0.5, 0.6) is 0 Å². The van der Waals surface area contributed by atoms with E-state index in [0.29, 0.717) is 0 Å². The van der Waals surface area contributed by atoms with Crippen molar-refractivity contribution in [2.45, 2.75) is 65.2 Å². The summed E-state index contributed by atoms with van der Waals surface area (Å²) in [5, 5.41) is 9.13. The van der Waals surface area contributed by atoms with E-state index in [-0.39, 0.29) is 18.2 Å². The maximum atomic E-state index is 6.59. The molecule has 1 aliphatic carbocycles. The van der Waals surface area contributed by atoms with Gasteiger partial charge in [-0.3, -0.25) is 0 Å². The van der Waals surface area contributed by atoms with E-state index >= 15 is 0 Å². The molecular formula is C24H29N3O. The predicted octanol–water partition coefficient (Wildman–Crippen LogP) is 6.00. The van der Waals surface area contributed by atoms with E-state index < -0.39 is 0 Å². The van der Waals surface area contributed by atoms with Gasteiger partial charge >= 0.3 is 0 Å². The van der Waals surface area contributed by atoms with Crippen LogP contribution in [-0.4, -0.2) is 21.1 Å². The standard InChI is InChI=1S/C24H29N3O/c1-5-10-17(4)28-22-15-18-11-6-7-12-19(18)23-24(27(16(2)3)26-25-23)21-14-9-8-13-20(21)22/h6-9,11-14,16-17,22H,5,10,15H2,1-4H3. The van der Waals surface area contributed by atoms with Gasteiger partial charge < -0.3 is 4.74 Å². The van der Waals surface area contributed by atoms with Gasteiger partial charge in [0.05, 0.1) is 17.9 Å². The Morgan fingerprint density at radius 2 is 1.75 bits per heavy atom. The minimum atomic E-state index is 0.0163. The summed E-state index contributed by atoms with van der Waals surface area (Å²) in [7, 11) is 0. The highest BCUT2D eigenvalue weighted by molar-refractivity contribution is 5.82. The molecule has 4 heteroatoms. The normalized spacial score (nSPS) is 16.7. The Kier molecular flexibility index (Phi) is 5.31. The Balaban J connectivity index is 1.94. The molecule has 0 N–H and O–H groups in total. The fourth-order valence-electron chi connectivity index (χ4n) is 4.20. The molecule has 0 saturated carbocycles. The third-order valence-electron chi connectivity index (χ3n) is 5.52. The largest absolute Gasteiger partial charge is 0.370 e. The predicted molar refractivity (Wildman–Crippen MR) is 113 cm³/mol. The lowest BCUT2D eigenvalue weighted by Gasteiger charge is -2.28. The molecule has 3 aromatic rings. The molecular weight excluding hydrogens is 346 g/mol. The van der Waals surface area contributed by atoms with Crippen molar-refractivity contribution in [3.63, 3.8) is 0 Å². The van der Waals surface area contributed by atoms with Crippen LogP contribution in [-0.2, 0) is 11.2 Å². The lowest BCUT2D eigenvalue weighted by molar-refractivity contribution is -0.00734. The highest BCUT2D eigenvalue weighted by Crippen LogP contribution is 2.42. The first kappa shape index (κ1) is 18.9. The van der Waals surface area contributed by atoms with Gasteiger partial charge in [0.2, 0.25) is 0 Å². The molecule has 0 radical (unpaired) electrons. The van der Waals surface area contributed by atoms with E-state index in [1.807, 2.05) is 4.68 Å². The summed E-state index contributed by atoms with van der Waals surface area (Å²) >= 11 is 0. The molecule has 1 heterocycles. The number of fused-ring (bicyclic) bond motifs is 5. The number of rotatable bonds is 5. The molecule has 4 nitrogen and oxygen atoms in total. The van der Waals surface area contributed by atoms with Gasteiger partial charge in [-0.2, -0.15) is 0 Å². The average molecular weight is 376 g/mol. The highest BCUT2D eigenvalue weighted by Gasteiger charge is 2.29. The maximum Gasteiger partial charge on any atom is 0.121 e. The molecule has 0 aliphatic heterocycles. The molecule has 0 saturated heterocycles. The van der Waals surface area contributed by atoms with E-state index in [2.05, 4.69) is 86.5 Å². The lowest BCUT2D eigenvalue weighted by Crippen LogP contribution is -2.18. The number of aromatic nitrogens is 3. The third kappa shape index (κ3) is 3.37. The molecule has 1 aromatic heterocycles. The molecule has 0 amide bonds. The van der Waals surface area contributed by atoms with Gasteiger partial charge in [0.25, 0.3) is 0 Å². The van der Waals surface area contributed by atoms with Gasteiger partial charge in [0.15, 0.2) is 0 Å². The summed E-state index contributed by atoms with van der Waals surface area (Å²) in [6.45, 7) is 8.70. The molecule has 0 fully saturated rings. The van der Waals surface area contributed by atoms with Crippen LogP contribution >= 0.6 is 0 Å². The number of ether oxygens (including phenoxy) is 1. The van der Waals surface area contributed by atoms with Crippen LogP contribution in [0.3, 0.4) is 0 Å². The van der Waals surface area contributed by atoms with Crippen LogP contribution in [0, 0.1) is 0 Å². The first-order chi connectivity index (χ1) is 13.6. The van der Waals surface area contributed by atoms with E-state index in [9.17, 15) is 0 Å². The van der Waals surface area contributed by atoms with E-state index in [1.54, 1.807) is 0 Å². The van der Waals surface area contributed by atoms with Crippen molar-refractivity contribution in [2.75, 3.05) is 0 Å². The third-order valence-corrected chi connectivity index (χ3v) is 5.52. The van der Waals surface area contributed by atoms with Crippen LogP contribution in [0.1, 0.15) is 63.8 Å². The Labute approximate surface area is 167 Å². The number of nitrogens with zero attached hydrogens (tertiary/aromatic N) is 3. The summed E-state index contributed by atoms with van der Waals surface area (Å²) in [6, 6.07) is 17.4. The van der Waals surface area contributed by atoms with Crippen LogP contribution in [0.15, 0.2) is 48.5 Å².